The van der Waals surface area contributed by atoms with Crippen molar-refractivity contribution in [1.82, 2.24) is 20.1 Å². The standard InChI is InChI=1S/C12H17N5O2/c1-8(2)18-10-4-6-13-12(16-10)14-7-5-11-15-9(3)17-19-11/h4,6,8H,5,7H2,1-3H3,(H,13,14,16). The van der Waals surface area contributed by atoms with Crippen LogP contribution in [0.3, 0.4) is 0 Å². The van der Waals surface area contributed by atoms with Crippen LogP contribution >= 0.6 is 0 Å². The molecule has 102 valence electrons. The zero-order valence-corrected chi connectivity index (χ0v) is 11.3. The monoisotopic (exact) mass is 263 g/mol. The average Bonchev–Trinajstić information content (AvgIpc) is 2.75. The molecule has 7 nitrogen and oxygen atoms in total. The van der Waals surface area contributed by atoms with E-state index in [2.05, 4.69) is 25.4 Å². The summed E-state index contributed by atoms with van der Waals surface area (Å²) in [6.07, 6.45) is 2.37. The van der Waals surface area contributed by atoms with Crippen molar-refractivity contribution in [3.63, 3.8) is 0 Å². The molecule has 0 fully saturated rings. The molecular formula is C12H17N5O2. The van der Waals surface area contributed by atoms with Crippen molar-refractivity contribution in [2.24, 2.45) is 0 Å². The van der Waals surface area contributed by atoms with Crippen molar-refractivity contribution in [1.29, 1.82) is 0 Å². The van der Waals surface area contributed by atoms with Gasteiger partial charge in [-0.15, -0.1) is 0 Å². The quantitative estimate of drug-likeness (QED) is 0.847. The minimum absolute atomic E-state index is 0.0871. The maximum Gasteiger partial charge on any atom is 0.228 e. The molecule has 1 N–H and O–H groups in total. The third-order valence-corrected chi connectivity index (χ3v) is 2.18. The number of nitrogens with zero attached hydrogens (tertiary/aromatic N) is 4. The van der Waals surface area contributed by atoms with Gasteiger partial charge in [-0.05, 0) is 20.8 Å². The number of anilines is 1. The fourth-order valence-corrected chi connectivity index (χ4v) is 1.46. The second-order valence-corrected chi connectivity index (χ2v) is 4.30. The second-order valence-electron chi connectivity index (χ2n) is 4.30. The summed E-state index contributed by atoms with van der Waals surface area (Å²) in [6.45, 7) is 6.31. The Hall–Kier alpha value is -2.18. The predicted octanol–water partition coefficient (Wildman–Crippen LogP) is 1.61. The molecule has 0 amide bonds. The molecule has 2 aromatic heterocycles. The van der Waals surface area contributed by atoms with Gasteiger partial charge in [0.15, 0.2) is 5.82 Å². The summed E-state index contributed by atoms with van der Waals surface area (Å²) < 4.78 is 10.5. The Bertz CT molecular complexity index is 526. The molecule has 0 saturated heterocycles. The number of hydrogen-bond acceptors (Lipinski definition) is 7. The van der Waals surface area contributed by atoms with E-state index in [1.807, 2.05) is 13.8 Å². The summed E-state index contributed by atoms with van der Waals surface area (Å²) in [6, 6.07) is 1.73. The largest absolute Gasteiger partial charge is 0.475 e. The first-order valence-electron chi connectivity index (χ1n) is 6.16. The highest BCUT2D eigenvalue weighted by Crippen LogP contribution is 2.10. The first-order valence-corrected chi connectivity index (χ1v) is 6.16. The minimum atomic E-state index is 0.0871. The molecule has 7 heteroatoms. The highest BCUT2D eigenvalue weighted by molar-refractivity contribution is 5.27. The second kappa shape index (κ2) is 6.12. The van der Waals surface area contributed by atoms with Gasteiger partial charge in [0.05, 0.1) is 6.10 Å². The summed E-state index contributed by atoms with van der Waals surface area (Å²) in [5.74, 6) is 2.31. The van der Waals surface area contributed by atoms with Gasteiger partial charge in [-0.25, -0.2) is 4.98 Å². The Morgan fingerprint density at radius 3 is 2.89 bits per heavy atom. The molecule has 0 saturated carbocycles. The van der Waals surface area contributed by atoms with Gasteiger partial charge in [0, 0.05) is 25.2 Å². The molecule has 0 unspecified atom stereocenters. The van der Waals surface area contributed by atoms with Crippen LogP contribution < -0.4 is 10.1 Å². The molecule has 0 aliphatic carbocycles. The molecule has 0 bridgehead atoms. The van der Waals surface area contributed by atoms with Crippen LogP contribution in [-0.2, 0) is 6.42 Å². The SMILES string of the molecule is Cc1noc(CCNc2nccc(OC(C)C)n2)n1. The Balaban J connectivity index is 1.85. The van der Waals surface area contributed by atoms with E-state index in [4.69, 9.17) is 9.26 Å². The van der Waals surface area contributed by atoms with E-state index in [-0.39, 0.29) is 6.10 Å². The van der Waals surface area contributed by atoms with Gasteiger partial charge in [-0.2, -0.15) is 9.97 Å². The first-order chi connectivity index (χ1) is 9.13. The van der Waals surface area contributed by atoms with Gasteiger partial charge in [-0.1, -0.05) is 5.16 Å². The molecule has 0 atom stereocenters. The van der Waals surface area contributed by atoms with Gasteiger partial charge in [0.1, 0.15) is 0 Å². The van der Waals surface area contributed by atoms with Crippen molar-refractivity contribution >= 4 is 5.95 Å². The fraction of sp³-hybridized carbons (Fsp3) is 0.500. The number of aryl methyl sites for hydroxylation is 1. The topological polar surface area (TPSA) is 86.0 Å². The molecule has 0 aliphatic rings. The highest BCUT2D eigenvalue weighted by atomic mass is 16.5. The minimum Gasteiger partial charge on any atom is -0.475 e. The molecule has 0 radical (unpaired) electrons. The van der Waals surface area contributed by atoms with Crippen molar-refractivity contribution in [3.05, 3.63) is 24.0 Å². The van der Waals surface area contributed by atoms with E-state index in [0.29, 0.717) is 36.5 Å². The Kier molecular flexibility index (Phi) is 4.27. The lowest BCUT2D eigenvalue weighted by Gasteiger charge is -2.09. The Labute approximate surface area is 111 Å². The van der Waals surface area contributed by atoms with Crippen LogP contribution in [0, 0.1) is 6.92 Å². The third-order valence-electron chi connectivity index (χ3n) is 2.18. The third kappa shape index (κ3) is 4.20. The number of hydrogen-bond donors (Lipinski definition) is 1. The van der Waals surface area contributed by atoms with Crippen molar-refractivity contribution in [2.45, 2.75) is 33.3 Å². The molecule has 0 spiro atoms. The van der Waals surface area contributed by atoms with E-state index < -0.39 is 0 Å². The average molecular weight is 263 g/mol. The van der Waals surface area contributed by atoms with Crippen molar-refractivity contribution in [3.8, 4) is 5.88 Å². The van der Waals surface area contributed by atoms with Crippen LogP contribution in [-0.4, -0.2) is 32.8 Å². The van der Waals surface area contributed by atoms with Gasteiger partial charge in [-0.3, -0.25) is 0 Å². The molecule has 2 heterocycles. The maximum absolute atomic E-state index is 5.49. The van der Waals surface area contributed by atoms with Crippen LogP contribution in [0.2, 0.25) is 0 Å². The van der Waals surface area contributed by atoms with Crippen molar-refractivity contribution < 1.29 is 9.26 Å². The van der Waals surface area contributed by atoms with E-state index in [1.54, 1.807) is 19.2 Å². The van der Waals surface area contributed by atoms with Crippen LogP contribution in [0.1, 0.15) is 25.6 Å². The molecule has 0 aliphatic heterocycles. The van der Waals surface area contributed by atoms with Crippen LogP contribution in [0.25, 0.3) is 0 Å². The van der Waals surface area contributed by atoms with E-state index in [1.165, 1.54) is 0 Å². The van der Waals surface area contributed by atoms with Crippen LogP contribution in [0.5, 0.6) is 5.88 Å². The zero-order valence-electron chi connectivity index (χ0n) is 11.3. The summed E-state index contributed by atoms with van der Waals surface area (Å²) in [5.41, 5.74) is 0. The van der Waals surface area contributed by atoms with Gasteiger partial charge in [0.2, 0.25) is 17.7 Å². The highest BCUT2D eigenvalue weighted by Gasteiger charge is 2.04. The molecular weight excluding hydrogens is 246 g/mol. The summed E-state index contributed by atoms with van der Waals surface area (Å²) in [7, 11) is 0. The number of rotatable bonds is 6. The summed E-state index contributed by atoms with van der Waals surface area (Å²) in [5, 5.41) is 6.81. The molecule has 2 aromatic rings. The van der Waals surface area contributed by atoms with Crippen molar-refractivity contribution in [2.75, 3.05) is 11.9 Å². The lowest BCUT2D eigenvalue weighted by Crippen LogP contribution is -2.11. The van der Waals surface area contributed by atoms with E-state index in [9.17, 15) is 0 Å². The number of nitrogens with one attached hydrogen (secondary N) is 1. The smallest absolute Gasteiger partial charge is 0.228 e. The summed E-state index contributed by atoms with van der Waals surface area (Å²) in [4.78, 5) is 12.5. The maximum atomic E-state index is 5.49. The summed E-state index contributed by atoms with van der Waals surface area (Å²) >= 11 is 0. The molecule has 2 rings (SSSR count). The fourth-order valence-electron chi connectivity index (χ4n) is 1.46. The zero-order chi connectivity index (χ0) is 13.7. The normalized spacial score (nSPS) is 10.7. The Morgan fingerprint density at radius 2 is 2.21 bits per heavy atom. The molecule has 19 heavy (non-hydrogen) atoms. The van der Waals surface area contributed by atoms with Gasteiger partial charge >= 0.3 is 0 Å². The first kappa shape index (κ1) is 13.3. The molecule has 0 aromatic carbocycles. The Morgan fingerprint density at radius 1 is 1.37 bits per heavy atom. The van der Waals surface area contributed by atoms with E-state index in [0.717, 1.165) is 0 Å². The van der Waals surface area contributed by atoms with Crippen LogP contribution in [0.4, 0.5) is 5.95 Å². The van der Waals surface area contributed by atoms with Crippen LogP contribution in [0.15, 0.2) is 16.8 Å². The predicted molar refractivity (Wildman–Crippen MR) is 69.0 cm³/mol. The van der Waals surface area contributed by atoms with Gasteiger partial charge < -0.3 is 14.6 Å². The van der Waals surface area contributed by atoms with Gasteiger partial charge in [0.25, 0.3) is 0 Å². The number of aromatic nitrogens is 4. The van der Waals surface area contributed by atoms with E-state index >= 15 is 0 Å². The lowest BCUT2D eigenvalue weighted by molar-refractivity contribution is 0.232. The lowest BCUT2D eigenvalue weighted by atomic mass is 10.4. The number of ether oxygens (including phenoxy) is 1.